The van der Waals surface area contributed by atoms with E-state index in [0.717, 1.165) is 5.75 Å². The monoisotopic (exact) mass is 219 g/mol. The maximum Gasteiger partial charge on any atom is 0.328 e. The van der Waals surface area contributed by atoms with Crippen LogP contribution in [0.3, 0.4) is 0 Å². The molecular weight excluding hydrogens is 202 g/mol. The molecule has 0 aliphatic carbocycles. The molecule has 14 heavy (non-hydrogen) atoms. The summed E-state index contributed by atoms with van der Waals surface area (Å²) in [6.07, 6.45) is 2.57. The highest BCUT2D eigenvalue weighted by Crippen LogP contribution is 2.02. The van der Waals surface area contributed by atoms with Crippen molar-refractivity contribution in [2.45, 2.75) is 26.3 Å². The quantitative estimate of drug-likeness (QED) is 0.672. The van der Waals surface area contributed by atoms with Crippen molar-refractivity contribution in [3.8, 4) is 0 Å². The van der Waals surface area contributed by atoms with E-state index in [1.54, 1.807) is 18.7 Å². The highest BCUT2D eigenvalue weighted by atomic mass is 32.2. The van der Waals surface area contributed by atoms with Gasteiger partial charge >= 0.3 is 5.97 Å². The van der Waals surface area contributed by atoms with E-state index in [9.17, 15) is 9.59 Å². The van der Waals surface area contributed by atoms with Crippen LogP contribution in [0, 0.1) is 0 Å². The summed E-state index contributed by atoms with van der Waals surface area (Å²) < 4.78 is 4.84. The van der Waals surface area contributed by atoms with Gasteiger partial charge in [0.2, 0.25) is 5.91 Å². The average Bonchev–Trinajstić information content (AvgIpc) is 2.12. The van der Waals surface area contributed by atoms with Crippen LogP contribution in [-0.2, 0) is 14.3 Å². The molecule has 0 aliphatic rings. The minimum atomic E-state index is -0.500. The van der Waals surface area contributed by atoms with E-state index in [-0.39, 0.29) is 11.9 Å². The highest BCUT2D eigenvalue weighted by molar-refractivity contribution is 7.98. The first-order valence-electron chi connectivity index (χ1n) is 4.54. The molecule has 0 aromatic carbocycles. The second kappa shape index (κ2) is 7.67. The van der Waals surface area contributed by atoms with Crippen LogP contribution in [0.4, 0.5) is 0 Å². The molecule has 1 atom stereocenters. The van der Waals surface area contributed by atoms with E-state index in [1.165, 1.54) is 6.92 Å². The van der Waals surface area contributed by atoms with Crippen molar-refractivity contribution in [1.82, 2.24) is 5.32 Å². The number of carbonyl (C=O) groups excluding carboxylic acids is 2. The number of ether oxygens (including phenoxy) is 1. The molecule has 0 bridgehead atoms. The number of thioether (sulfide) groups is 1. The number of hydrogen-bond acceptors (Lipinski definition) is 4. The largest absolute Gasteiger partial charge is 0.464 e. The zero-order chi connectivity index (χ0) is 11.0. The molecule has 0 unspecified atom stereocenters. The number of esters is 1. The van der Waals surface area contributed by atoms with Gasteiger partial charge in [0.05, 0.1) is 6.61 Å². The molecule has 0 aliphatic heterocycles. The Labute approximate surface area is 88.8 Å². The summed E-state index contributed by atoms with van der Waals surface area (Å²) >= 11 is 1.63. The van der Waals surface area contributed by atoms with E-state index in [4.69, 9.17) is 4.74 Å². The third-order valence-corrected chi connectivity index (χ3v) is 2.20. The number of rotatable bonds is 6. The molecule has 4 nitrogen and oxygen atoms in total. The summed E-state index contributed by atoms with van der Waals surface area (Å²) in [5.74, 6) is 0.268. The summed E-state index contributed by atoms with van der Waals surface area (Å²) in [7, 11) is 0. The molecule has 5 heteroatoms. The molecule has 0 heterocycles. The lowest BCUT2D eigenvalue weighted by molar-refractivity contribution is -0.147. The molecule has 0 fully saturated rings. The van der Waals surface area contributed by atoms with E-state index < -0.39 is 6.04 Å². The van der Waals surface area contributed by atoms with Crippen molar-refractivity contribution < 1.29 is 14.3 Å². The van der Waals surface area contributed by atoms with Gasteiger partial charge < -0.3 is 10.1 Å². The van der Waals surface area contributed by atoms with Crippen molar-refractivity contribution in [1.29, 1.82) is 0 Å². The lowest BCUT2D eigenvalue weighted by atomic mass is 10.2. The van der Waals surface area contributed by atoms with E-state index >= 15 is 0 Å². The van der Waals surface area contributed by atoms with E-state index in [0.29, 0.717) is 13.0 Å². The summed E-state index contributed by atoms with van der Waals surface area (Å²) in [5.41, 5.74) is 0. The molecule has 82 valence electrons. The molecule has 0 rings (SSSR count). The zero-order valence-electron chi connectivity index (χ0n) is 8.83. The van der Waals surface area contributed by atoms with Gasteiger partial charge in [-0.15, -0.1) is 0 Å². The van der Waals surface area contributed by atoms with Crippen LogP contribution in [0.1, 0.15) is 20.3 Å². The minimum absolute atomic E-state index is 0.204. The summed E-state index contributed by atoms with van der Waals surface area (Å²) in [5, 5.41) is 2.57. The third-order valence-electron chi connectivity index (χ3n) is 1.56. The molecule has 0 saturated carbocycles. The van der Waals surface area contributed by atoms with E-state index in [2.05, 4.69) is 5.32 Å². The fourth-order valence-electron chi connectivity index (χ4n) is 0.973. The first-order valence-corrected chi connectivity index (χ1v) is 5.93. The zero-order valence-corrected chi connectivity index (χ0v) is 9.65. The van der Waals surface area contributed by atoms with E-state index in [1.807, 2.05) is 6.26 Å². The van der Waals surface area contributed by atoms with Crippen LogP contribution in [0.25, 0.3) is 0 Å². The Morgan fingerprint density at radius 1 is 1.50 bits per heavy atom. The lowest BCUT2D eigenvalue weighted by Gasteiger charge is -2.15. The van der Waals surface area contributed by atoms with Crippen LogP contribution >= 0.6 is 11.8 Å². The third kappa shape index (κ3) is 5.85. The molecule has 0 radical (unpaired) electrons. The Morgan fingerprint density at radius 3 is 2.57 bits per heavy atom. The molecule has 0 saturated heterocycles. The maximum atomic E-state index is 11.3. The first kappa shape index (κ1) is 13.3. The van der Waals surface area contributed by atoms with Crippen molar-refractivity contribution in [3.63, 3.8) is 0 Å². The molecule has 0 aromatic rings. The number of carbonyl (C=O) groups is 2. The van der Waals surface area contributed by atoms with Crippen LogP contribution in [-0.4, -0.2) is 36.5 Å². The van der Waals surface area contributed by atoms with Gasteiger partial charge in [0.15, 0.2) is 0 Å². The topological polar surface area (TPSA) is 55.4 Å². The van der Waals surface area contributed by atoms with Gasteiger partial charge in [-0.3, -0.25) is 4.79 Å². The van der Waals surface area contributed by atoms with Gasteiger partial charge in [0, 0.05) is 6.92 Å². The van der Waals surface area contributed by atoms with Gasteiger partial charge in [0.25, 0.3) is 0 Å². The van der Waals surface area contributed by atoms with Crippen LogP contribution in [0.2, 0.25) is 0 Å². The Bertz CT molecular complexity index is 196. The van der Waals surface area contributed by atoms with Crippen LogP contribution in [0.5, 0.6) is 0 Å². The van der Waals surface area contributed by atoms with Crippen molar-refractivity contribution in [2.75, 3.05) is 18.6 Å². The number of amides is 1. The van der Waals surface area contributed by atoms with Gasteiger partial charge in [-0.1, -0.05) is 0 Å². The molecule has 0 aromatic heterocycles. The Morgan fingerprint density at radius 2 is 2.14 bits per heavy atom. The van der Waals surface area contributed by atoms with Crippen molar-refractivity contribution in [2.24, 2.45) is 0 Å². The lowest BCUT2D eigenvalue weighted by Crippen LogP contribution is -2.41. The molecular formula is C9H17NO3S. The predicted molar refractivity (Wildman–Crippen MR) is 57.2 cm³/mol. The van der Waals surface area contributed by atoms with Gasteiger partial charge in [-0.2, -0.15) is 11.8 Å². The summed E-state index contributed by atoms with van der Waals surface area (Å²) in [6.45, 7) is 3.48. The van der Waals surface area contributed by atoms with Gasteiger partial charge in [-0.25, -0.2) is 4.79 Å². The van der Waals surface area contributed by atoms with Crippen molar-refractivity contribution in [3.05, 3.63) is 0 Å². The second-order valence-electron chi connectivity index (χ2n) is 2.79. The second-order valence-corrected chi connectivity index (χ2v) is 3.77. The summed E-state index contributed by atoms with van der Waals surface area (Å²) in [4.78, 5) is 22.1. The average molecular weight is 219 g/mol. The Kier molecular flexibility index (Phi) is 7.28. The van der Waals surface area contributed by atoms with Crippen LogP contribution < -0.4 is 5.32 Å². The fraction of sp³-hybridized carbons (Fsp3) is 0.778. The smallest absolute Gasteiger partial charge is 0.328 e. The van der Waals surface area contributed by atoms with Gasteiger partial charge in [0.1, 0.15) is 6.04 Å². The molecule has 1 N–H and O–H groups in total. The maximum absolute atomic E-state index is 11.3. The fourth-order valence-corrected chi connectivity index (χ4v) is 1.44. The highest BCUT2D eigenvalue weighted by Gasteiger charge is 2.19. The number of hydrogen-bond donors (Lipinski definition) is 1. The van der Waals surface area contributed by atoms with Gasteiger partial charge in [-0.05, 0) is 25.4 Å². The first-order chi connectivity index (χ1) is 6.61. The van der Waals surface area contributed by atoms with Crippen molar-refractivity contribution >= 4 is 23.6 Å². The standard InChI is InChI=1S/C9H17NO3S/c1-4-13-9(12)8(5-6-14-3)10-7(2)11/h8H,4-6H2,1-3H3,(H,10,11)/t8-/m0/s1. The number of nitrogens with one attached hydrogen (secondary N) is 1. The molecule has 0 spiro atoms. The Hall–Kier alpha value is -0.710. The predicted octanol–water partition coefficient (Wildman–Crippen LogP) is 0.807. The van der Waals surface area contributed by atoms with Crippen LogP contribution in [0.15, 0.2) is 0 Å². The Balaban J connectivity index is 4.08. The SMILES string of the molecule is CCOC(=O)[C@H](CCSC)NC(C)=O. The molecule has 1 amide bonds. The normalized spacial score (nSPS) is 11.9. The summed E-state index contributed by atoms with van der Waals surface area (Å²) in [6, 6.07) is -0.500. The minimum Gasteiger partial charge on any atom is -0.464 e.